The lowest BCUT2D eigenvalue weighted by Gasteiger charge is -2.35. The minimum atomic E-state index is 0.243. The summed E-state index contributed by atoms with van der Waals surface area (Å²) < 4.78 is 10.8. The normalized spacial score (nSPS) is 19.0. The lowest BCUT2D eigenvalue weighted by Crippen LogP contribution is -2.50. The van der Waals surface area contributed by atoms with Crippen molar-refractivity contribution < 1.29 is 14.3 Å². The topological polar surface area (TPSA) is 45.3 Å². The zero-order chi connectivity index (χ0) is 17.1. The maximum Gasteiger partial charge on any atom is 0.236 e. The smallest absolute Gasteiger partial charge is 0.236 e. The number of amides is 1. The maximum absolute atomic E-state index is 12.5. The molecular weight excluding hydrogens is 306 g/mol. The van der Waals surface area contributed by atoms with Crippen LogP contribution in [0, 0.1) is 0 Å². The number of piperazine rings is 1. The van der Waals surface area contributed by atoms with Gasteiger partial charge in [-0.2, -0.15) is 0 Å². The zero-order valence-corrected chi connectivity index (χ0v) is 14.9. The fourth-order valence-electron chi connectivity index (χ4n) is 3.42. The van der Waals surface area contributed by atoms with Gasteiger partial charge in [-0.3, -0.25) is 9.69 Å². The van der Waals surface area contributed by atoms with E-state index < -0.39 is 0 Å². The molecule has 6 nitrogen and oxygen atoms in total. The molecule has 2 aliphatic heterocycles. The van der Waals surface area contributed by atoms with Crippen LogP contribution in [0.4, 0.5) is 0 Å². The lowest BCUT2D eigenvalue weighted by atomic mass is 9.98. The van der Waals surface area contributed by atoms with Gasteiger partial charge >= 0.3 is 0 Å². The van der Waals surface area contributed by atoms with Gasteiger partial charge in [-0.1, -0.05) is 0 Å². The Morgan fingerprint density at radius 3 is 2.25 bits per heavy atom. The fraction of sp³-hybridized carbons (Fsp3) is 0.611. The van der Waals surface area contributed by atoms with E-state index in [1.807, 2.05) is 11.0 Å². The largest absolute Gasteiger partial charge is 0.493 e. The maximum atomic E-state index is 12.5. The molecule has 132 valence electrons. The van der Waals surface area contributed by atoms with Crippen LogP contribution in [0.2, 0.25) is 0 Å². The van der Waals surface area contributed by atoms with Crippen molar-refractivity contribution in [3.05, 3.63) is 23.3 Å². The van der Waals surface area contributed by atoms with Crippen molar-refractivity contribution in [2.45, 2.75) is 13.0 Å². The highest BCUT2D eigenvalue weighted by atomic mass is 16.5. The summed E-state index contributed by atoms with van der Waals surface area (Å²) in [5, 5.41) is 0. The average molecular weight is 333 g/mol. The second kappa shape index (κ2) is 7.40. The third-order valence-corrected chi connectivity index (χ3v) is 5.01. The van der Waals surface area contributed by atoms with E-state index in [0.717, 1.165) is 57.2 Å². The summed E-state index contributed by atoms with van der Waals surface area (Å²) >= 11 is 0. The van der Waals surface area contributed by atoms with Crippen LogP contribution in [-0.4, -0.2) is 81.1 Å². The van der Waals surface area contributed by atoms with E-state index >= 15 is 0 Å². The van der Waals surface area contributed by atoms with Crippen LogP contribution in [0.25, 0.3) is 0 Å². The average Bonchev–Trinajstić information content (AvgIpc) is 2.60. The summed E-state index contributed by atoms with van der Waals surface area (Å²) in [6, 6.07) is 4.11. The Morgan fingerprint density at radius 2 is 1.62 bits per heavy atom. The molecule has 0 atom stereocenters. The van der Waals surface area contributed by atoms with Crippen LogP contribution < -0.4 is 9.47 Å². The van der Waals surface area contributed by atoms with Gasteiger partial charge in [0.15, 0.2) is 11.5 Å². The minimum Gasteiger partial charge on any atom is -0.493 e. The van der Waals surface area contributed by atoms with Gasteiger partial charge in [0.2, 0.25) is 5.91 Å². The monoisotopic (exact) mass is 333 g/mol. The number of methoxy groups -OCH3 is 2. The van der Waals surface area contributed by atoms with Crippen LogP contribution in [0.15, 0.2) is 12.1 Å². The quantitative estimate of drug-likeness (QED) is 0.817. The van der Waals surface area contributed by atoms with Crippen LogP contribution in [-0.2, 0) is 17.8 Å². The molecule has 0 bridgehead atoms. The van der Waals surface area contributed by atoms with Crippen molar-refractivity contribution in [1.82, 2.24) is 14.7 Å². The van der Waals surface area contributed by atoms with Gasteiger partial charge < -0.3 is 19.3 Å². The third kappa shape index (κ3) is 3.65. The molecule has 0 aromatic heterocycles. The van der Waals surface area contributed by atoms with Crippen LogP contribution in [0.1, 0.15) is 11.1 Å². The van der Waals surface area contributed by atoms with Gasteiger partial charge in [0.05, 0.1) is 20.8 Å². The van der Waals surface area contributed by atoms with Crippen LogP contribution in [0.5, 0.6) is 11.5 Å². The van der Waals surface area contributed by atoms with Gasteiger partial charge in [0.25, 0.3) is 0 Å². The van der Waals surface area contributed by atoms with E-state index in [0.29, 0.717) is 6.54 Å². The van der Waals surface area contributed by atoms with E-state index in [4.69, 9.17) is 9.47 Å². The van der Waals surface area contributed by atoms with Gasteiger partial charge in [0.1, 0.15) is 0 Å². The van der Waals surface area contributed by atoms with Gasteiger partial charge in [0, 0.05) is 39.3 Å². The number of ether oxygens (including phenoxy) is 2. The first-order valence-corrected chi connectivity index (χ1v) is 8.53. The van der Waals surface area contributed by atoms with E-state index in [-0.39, 0.29) is 5.91 Å². The number of likely N-dealkylation sites (N-methyl/N-ethyl adjacent to an activating group) is 1. The molecular formula is C18H27N3O3. The molecule has 1 aromatic carbocycles. The standard InChI is InChI=1S/C18H27N3O3/c1-19-6-8-21(9-7-19)18(22)13-20-5-4-14-10-16(23-2)17(24-3)11-15(14)12-20/h10-11H,4-9,12-13H2,1-3H3. The van der Waals surface area contributed by atoms with E-state index in [2.05, 4.69) is 22.9 Å². The van der Waals surface area contributed by atoms with Gasteiger partial charge in [-0.05, 0) is 36.7 Å². The van der Waals surface area contributed by atoms with Crippen molar-refractivity contribution in [2.75, 3.05) is 60.5 Å². The molecule has 1 saturated heterocycles. The Morgan fingerprint density at radius 1 is 1.00 bits per heavy atom. The molecule has 0 aliphatic carbocycles. The molecule has 3 rings (SSSR count). The highest BCUT2D eigenvalue weighted by molar-refractivity contribution is 5.78. The summed E-state index contributed by atoms with van der Waals surface area (Å²) in [5.74, 6) is 1.77. The molecule has 2 aliphatic rings. The highest BCUT2D eigenvalue weighted by Gasteiger charge is 2.24. The Balaban J connectivity index is 1.63. The van der Waals surface area contributed by atoms with E-state index in [1.165, 1.54) is 11.1 Å². The van der Waals surface area contributed by atoms with Crippen molar-refractivity contribution in [3.8, 4) is 11.5 Å². The molecule has 0 saturated carbocycles. The summed E-state index contributed by atoms with van der Waals surface area (Å²) in [6.45, 7) is 5.79. The molecule has 0 radical (unpaired) electrons. The van der Waals surface area contributed by atoms with E-state index in [1.54, 1.807) is 14.2 Å². The third-order valence-electron chi connectivity index (χ3n) is 5.01. The molecule has 1 aromatic rings. The SMILES string of the molecule is COc1cc2c(cc1OC)CN(CC(=O)N1CCN(C)CC1)CC2. The number of hydrogen-bond acceptors (Lipinski definition) is 5. The first-order chi connectivity index (χ1) is 11.6. The molecule has 1 amide bonds. The number of benzene rings is 1. The summed E-state index contributed by atoms with van der Waals surface area (Å²) in [7, 11) is 5.42. The second-order valence-corrected chi connectivity index (χ2v) is 6.62. The highest BCUT2D eigenvalue weighted by Crippen LogP contribution is 2.33. The van der Waals surface area contributed by atoms with Crippen LogP contribution in [0.3, 0.4) is 0 Å². The Hall–Kier alpha value is -1.79. The van der Waals surface area contributed by atoms with Crippen molar-refractivity contribution >= 4 is 5.91 Å². The Labute approximate surface area is 143 Å². The number of hydrogen-bond donors (Lipinski definition) is 0. The number of fused-ring (bicyclic) bond motifs is 1. The number of carbonyl (C=O) groups excluding carboxylic acids is 1. The Bertz CT molecular complexity index is 597. The van der Waals surface area contributed by atoms with Crippen molar-refractivity contribution in [1.29, 1.82) is 0 Å². The van der Waals surface area contributed by atoms with Crippen LogP contribution >= 0.6 is 0 Å². The Kier molecular flexibility index (Phi) is 5.26. The van der Waals surface area contributed by atoms with Gasteiger partial charge in [-0.25, -0.2) is 0 Å². The molecule has 0 spiro atoms. The fourth-order valence-corrected chi connectivity index (χ4v) is 3.42. The predicted molar refractivity (Wildman–Crippen MR) is 92.6 cm³/mol. The lowest BCUT2D eigenvalue weighted by molar-refractivity contribution is -0.134. The molecule has 0 N–H and O–H groups in total. The number of rotatable bonds is 4. The molecule has 0 unspecified atom stereocenters. The number of carbonyl (C=O) groups is 1. The molecule has 1 fully saturated rings. The first kappa shape index (κ1) is 17.0. The van der Waals surface area contributed by atoms with E-state index in [9.17, 15) is 4.79 Å². The van der Waals surface area contributed by atoms with Crippen molar-refractivity contribution in [2.24, 2.45) is 0 Å². The van der Waals surface area contributed by atoms with Gasteiger partial charge in [-0.15, -0.1) is 0 Å². The predicted octanol–water partition coefficient (Wildman–Crippen LogP) is 0.836. The molecule has 6 heteroatoms. The molecule has 24 heavy (non-hydrogen) atoms. The summed E-state index contributed by atoms with van der Waals surface area (Å²) in [6.07, 6.45) is 0.936. The summed E-state index contributed by atoms with van der Waals surface area (Å²) in [5.41, 5.74) is 2.51. The molecule has 2 heterocycles. The van der Waals surface area contributed by atoms with Crippen molar-refractivity contribution in [3.63, 3.8) is 0 Å². The second-order valence-electron chi connectivity index (χ2n) is 6.62. The first-order valence-electron chi connectivity index (χ1n) is 8.53. The minimum absolute atomic E-state index is 0.243. The summed E-state index contributed by atoms with van der Waals surface area (Å²) in [4.78, 5) is 19.0. The zero-order valence-electron chi connectivity index (χ0n) is 14.9. The number of nitrogens with zero attached hydrogens (tertiary/aromatic N) is 3.